The zero-order valence-electron chi connectivity index (χ0n) is 13.6. The number of carbonyl (C=O) groups is 1. The zero-order valence-corrected chi connectivity index (χ0v) is 15.1. The molecule has 26 heavy (non-hydrogen) atoms. The predicted molar refractivity (Wildman–Crippen MR) is 101 cm³/mol. The van der Waals surface area contributed by atoms with E-state index in [-0.39, 0.29) is 11.5 Å². The van der Waals surface area contributed by atoms with Gasteiger partial charge in [-0.15, -0.1) is 0 Å². The van der Waals surface area contributed by atoms with Gasteiger partial charge in [0.25, 0.3) is 5.91 Å². The Hall–Kier alpha value is -2.70. The molecular formula is C18H13Cl2FN4O. The van der Waals surface area contributed by atoms with Crippen molar-refractivity contribution in [2.75, 3.05) is 10.6 Å². The quantitative estimate of drug-likeness (QED) is 0.640. The largest absolute Gasteiger partial charge is 0.340 e. The highest BCUT2D eigenvalue weighted by Crippen LogP contribution is 2.26. The Morgan fingerprint density at radius 1 is 1.04 bits per heavy atom. The lowest BCUT2D eigenvalue weighted by Gasteiger charge is -2.10. The van der Waals surface area contributed by atoms with Crippen LogP contribution in [-0.2, 0) is 0 Å². The van der Waals surface area contributed by atoms with Crippen molar-refractivity contribution in [2.24, 2.45) is 0 Å². The van der Waals surface area contributed by atoms with E-state index in [0.29, 0.717) is 33.1 Å². The Balaban J connectivity index is 1.82. The molecule has 1 aromatic heterocycles. The minimum atomic E-state index is -0.443. The number of nitrogens with one attached hydrogen (secondary N) is 2. The van der Waals surface area contributed by atoms with Crippen molar-refractivity contribution < 1.29 is 9.18 Å². The second kappa shape index (κ2) is 7.68. The van der Waals surface area contributed by atoms with Crippen molar-refractivity contribution in [1.29, 1.82) is 0 Å². The number of rotatable bonds is 4. The molecular weight excluding hydrogens is 378 g/mol. The second-order valence-electron chi connectivity index (χ2n) is 5.40. The summed E-state index contributed by atoms with van der Waals surface area (Å²) in [4.78, 5) is 20.9. The molecule has 8 heteroatoms. The van der Waals surface area contributed by atoms with Crippen LogP contribution in [0.3, 0.4) is 0 Å². The molecule has 0 spiro atoms. The maximum absolute atomic E-state index is 13.0. The molecule has 0 saturated heterocycles. The number of nitrogens with zero attached hydrogens (tertiary/aromatic N) is 2. The first-order valence-electron chi connectivity index (χ1n) is 7.55. The van der Waals surface area contributed by atoms with Crippen LogP contribution in [0.25, 0.3) is 0 Å². The standard InChI is InChI=1S/C18H13Cl2FN4O/c1-10-22-16(18(26)25-15-7-2-11(19)8-14(15)20)9-17(23-10)24-13-5-3-12(21)4-6-13/h2-9H,1H3,(H,25,26)(H,22,23,24). The summed E-state index contributed by atoms with van der Waals surface area (Å²) in [5, 5.41) is 6.48. The Bertz CT molecular complexity index is 964. The van der Waals surface area contributed by atoms with Crippen LogP contribution >= 0.6 is 23.2 Å². The minimum absolute atomic E-state index is 0.160. The van der Waals surface area contributed by atoms with E-state index >= 15 is 0 Å². The number of halogens is 3. The second-order valence-corrected chi connectivity index (χ2v) is 6.24. The summed E-state index contributed by atoms with van der Waals surface area (Å²) in [5.74, 6) is 0.0390. The molecule has 2 aromatic carbocycles. The molecule has 0 aliphatic heterocycles. The Morgan fingerprint density at radius 3 is 2.46 bits per heavy atom. The number of aryl methyl sites for hydroxylation is 1. The van der Waals surface area contributed by atoms with Gasteiger partial charge in [-0.3, -0.25) is 4.79 Å². The molecule has 3 rings (SSSR count). The van der Waals surface area contributed by atoms with Gasteiger partial charge in [0.15, 0.2) is 0 Å². The van der Waals surface area contributed by atoms with Crippen molar-refractivity contribution in [1.82, 2.24) is 9.97 Å². The highest BCUT2D eigenvalue weighted by molar-refractivity contribution is 6.36. The molecule has 0 unspecified atom stereocenters. The minimum Gasteiger partial charge on any atom is -0.340 e. The monoisotopic (exact) mass is 390 g/mol. The lowest BCUT2D eigenvalue weighted by atomic mass is 10.2. The van der Waals surface area contributed by atoms with Crippen molar-refractivity contribution in [3.63, 3.8) is 0 Å². The molecule has 3 aromatic rings. The topological polar surface area (TPSA) is 66.9 Å². The average molecular weight is 391 g/mol. The Kier molecular flexibility index (Phi) is 5.35. The first kappa shape index (κ1) is 18.1. The molecule has 0 bridgehead atoms. The summed E-state index contributed by atoms with van der Waals surface area (Å²) in [6, 6.07) is 12.0. The van der Waals surface area contributed by atoms with E-state index in [0.717, 1.165) is 0 Å². The van der Waals surface area contributed by atoms with Gasteiger partial charge in [0.2, 0.25) is 0 Å². The summed E-state index contributed by atoms with van der Waals surface area (Å²) < 4.78 is 13.0. The Morgan fingerprint density at radius 2 is 1.77 bits per heavy atom. The van der Waals surface area contributed by atoms with E-state index in [1.54, 1.807) is 31.2 Å². The van der Waals surface area contributed by atoms with E-state index in [1.807, 2.05) is 0 Å². The van der Waals surface area contributed by atoms with Gasteiger partial charge in [-0.1, -0.05) is 23.2 Å². The smallest absolute Gasteiger partial charge is 0.274 e. The number of aromatic nitrogens is 2. The van der Waals surface area contributed by atoms with Crippen LogP contribution in [0.5, 0.6) is 0 Å². The lowest BCUT2D eigenvalue weighted by molar-refractivity contribution is 0.102. The molecule has 0 fully saturated rings. The fraction of sp³-hybridized carbons (Fsp3) is 0.0556. The van der Waals surface area contributed by atoms with Crippen molar-refractivity contribution in [3.05, 3.63) is 75.9 Å². The van der Waals surface area contributed by atoms with Gasteiger partial charge in [-0.05, 0) is 49.4 Å². The third-order valence-corrected chi connectivity index (χ3v) is 3.91. The van der Waals surface area contributed by atoms with Gasteiger partial charge in [0.05, 0.1) is 10.7 Å². The zero-order chi connectivity index (χ0) is 18.7. The van der Waals surface area contributed by atoms with Gasteiger partial charge in [-0.2, -0.15) is 0 Å². The lowest BCUT2D eigenvalue weighted by Crippen LogP contribution is -2.15. The molecule has 132 valence electrons. The number of hydrogen-bond donors (Lipinski definition) is 2. The van der Waals surface area contributed by atoms with E-state index in [4.69, 9.17) is 23.2 Å². The summed E-state index contributed by atoms with van der Waals surface area (Å²) >= 11 is 11.9. The molecule has 1 heterocycles. The summed E-state index contributed by atoms with van der Waals surface area (Å²) in [6.07, 6.45) is 0. The van der Waals surface area contributed by atoms with Crippen LogP contribution in [0.1, 0.15) is 16.3 Å². The molecule has 5 nitrogen and oxygen atoms in total. The normalized spacial score (nSPS) is 10.5. The van der Waals surface area contributed by atoms with Gasteiger partial charge < -0.3 is 10.6 Å². The van der Waals surface area contributed by atoms with E-state index in [9.17, 15) is 9.18 Å². The maximum Gasteiger partial charge on any atom is 0.274 e. The molecule has 1 amide bonds. The van der Waals surface area contributed by atoms with Crippen molar-refractivity contribution >= 4 is 46.3 Å². The first-order chi connectivity index (χ1) is 12.4. The molecule has 0 aliphatic carbocycles. The average Bonchev–Trinajstić information content (AvgIpc) is 2.59. The van der Waals surface area contributed by atoms with Gasteiger partial charge >= 0.3 is 0 Å². The number of anilines is 3. The highest BCUT2D eigenvalue weighted by Gasteiger charge is 2.13. The number of carbonyl (C=O) groups excluding carboxylic acids is 1. The van der Waals surface area contributed by atoms with Gasteiger partial charge in [0.1, 0.15) is 23.2 Å². The maximum atomic E-state index is 13.0. The van der Waals surface area contributed by atoms with Crippen molar-refractivity contribution in [2.45, 2.75) is 6.92 Å². The summed E-state index contributed by atoms with van der Waals surface area (Å²) in [5.41, 5.74) is 1.22. The fourth-order valence-electron chi connectivity index (χ4n) is 2.21. The summed E-state index contributed by atoms with van der Waals surface area (Å²) in [7, 11) is 0. The number of benzene rings is 2. The molecule has 0 atom stereocenters. The summed E-state index contributed by atoms with van der Waals surface area (Å²) in [6.45, 7) is 1.67. The first-order valence-corrected chi connectivity index (χ1v) is 8.31. The van der Waals surface area contributed by atoms with E-state index in [1.165, 1.54) is 24.3 Å². The third kappa shape index (κ3) is 4.47. The molecule has 0 saturated carbocycles. The van der Waals surface area contributed by atoms with Crippen LogP contribution in [-0.4, -0.2) is 15.9 Å². The van der Waals surface area contributed by atoms with E-state index < -0.39 is 5.91 Å². The molecule has 0 aliphatic rings. The SMILES string of the molecule is Cc1nc(Nc2ccc(F)cc2)cc(C(=O)Nc2ccc(Cl)cc2Cl)n1. The van der Waals surface area contributed by atoms with Crippen molar-refractivity contribution in [3.8, 4) is 0 Å². The van der Waals surface area contributed by atoms with Gasteiger partial charge in [-0.25, -0.2) is 14.4 Å². The number of hydrogen-bond acceptors (Lipinski definition) is 4. The number of amides is 1. The fourth-order valence-corrected chi connectivity index (χ4v) is 2.66. The predicted octanol–water partition coefficient (Wildman–Crippen LogP) is 5.23. The van der Waals surface area contributed by atoms with Crippen LogP contribution in [0.4, 0.5) is 21.6 Å². The van der Waals surface area contributed by atoms with Crippen LogP contribution in [0, 0.1) is 12.7 Å². The Labute approximate surface area is 159 Å². The van der Waals surface area contributed by atoms with Crippen LogP contribution in [0.2, 0.25) is 10.0 Å². The third-order valence-electron chi connectivity index (χ3n) is 3.37. The van der Waals surface area contributed by atoms with E-state index in [2.05, 4.69) is 20.6 Å². The van der Waals surface area contributed by atoms with Crippen LogP contribution < -0.4 is 10.6 Å². The van der Waals surface area contributed by atoms with Crippen LogP contribution in [0.15, 0.2) is 48.5 Å². The molecule has 0 radical (unpaired) electrons. The molecule has 2 N–H and O–H groups in total. The van der Waals surface area contributed by atoms with Gasteiger partial charge in [0, 0.05) is 16.8 Å². The highest BCUT2D eigenvalue weighted by atomic mass is 35.5.